The highest BCUT2D eigenvalue weighted by atomic mass is 16.5. The van der Waals surface area contributed by atoms with Crippen LogP contribution < -0.4 is 9.64 Å². The number of nitriles is 1. The second-order valence-corrected chi connectivity index (χ2v) is 4.22. The van der Waals surface area contributed by atoms with E-state index in [4.69, 9.17) is 10.00 Å². The fourth-order valence-electron chi connectivity index (χ4n) is 2.25. The molecule has 0 radical (unpaired) electrons. The molecule has 19 heavy (non-hydrogen) atoms. The number of hydrogen-bond donors (Lipinski definition) is 0. The van der Waals surface area contributed by atoms with Gasteiger partial charge in [-0.2, -0.15) is 0 Å². The number of anilines is 2. The monoisotopic (exact) mass is 250 g/mol. The average Bonchev–Trinajstić information content (AvgIpc) is 2.76. The molecule has 0 unspecified atom stereocenters. The van der Waals surface area contributed by atoms with Crippen molar-refractivity contribution >= 4 is 17.3 Å². The Bertz CT molecular complexity index is 671. The lowest BCUT2D eigenvalue weighted by Gasteiger charge is -2.17. The second kappa shape index (κ2) is 4.46. The molecule has 3 rings (SSSR count). The maximum absolute atomic E-state index is 12.1. The third-order valence-corrected chi connectivity index (χ3v) is 3.08. The summed E-state index contributed by atoms with van der Waals surface area (Å²) in [5.41, 5.74) is 2.73. The van der Waals surface area contributed by atoms with Gasteiger partial charge in [-0.05, 0) is 35.9 Å². The van der Waals surface area contributed by atoms with Crippen LogP contribution in [0, 0.1) is 11.5 Å². The van der Waals surface area contributed by atoms with Crippen LogP contribution in [0.15, 0.2) is 48.5 Å². The summed E-state index contributed by atoms with van der Waals surface area (Å²) in [6, 6.07) is 14.6. The molecule has 0 atom stereocenters. The van der Waals surface area contributed by atoms with E-state index in [1.54, 1.807) is 35.4 Å². The van der Waals surface area contributed by atoms with Gasteiger partial charge in [0.05, 0.1) is 12.1 Å². The number of para-hydroxylation sites is 1. The predicted molar refractivity (Wildman–Crippen MR) is 70.0 cm³/mol. The SMILES string of the molecule is N#COc1ccc(N2C(=O)Cc3ccccc32)cc1. The van der Waals surface area contributed by atoms with Crippen LogP contribution in [0.3, 0.4) is 0 Å². The number of amides is 1. The van der Waals surface area contributed by atoms with Crippen LogP contribution in [0.4, 0.5) is 11.4 Å². The zero-order valence-corrected chi connectivity index (χ0v) is 10.0. The van der Waals surface area contributed by atoms with E-state index < -0.39 is 0 Å². The van der Waals surface area contributed by atoms with Crippen LogP contribution in [-0.2, 0) is 11.2 Å². The fraction of sp³-hybridized carbons (Fsp3) is 0.0667. The van der Waals surface area contributed by atoms with Crippen molar-refractivity contribution in [2.45, 2.75) is 6.42 Å². The lowest BCUT2D eigenvalue weighted by Crippen LogP contribution is -2.20. The summed E-state index contributed by atoms with van der Waals surface area (Å²) in [6.07, 6.45) is 2.04. The zero-order valence-electron chi connectivity index (χ0n) is 10.0. The molecule has 1 aliphatic rings. The van der Waals surface area contributed by atoms with E-state index in [0.717, 1.165) is 16.9 Å². The van der Waals surface area contributed by atoms with Crippen LogP contribution in [0.1, 0.15) is 5.56 Å². The molecule has 0 fully saturated rings. The number of benzene rings is 2. The summed E-state index contributed by atoms with van der Waals surface area (Å²) in [6.45, 7) is 0. The van der Waals surface area contributed by atoms with E-state index >= 15 is 0 Å². The molecule has 0 aliphatic carbocycles. The van der Waals surface area contributed by atoms with Crippen molar-refractivity contribution in [3.8, 4) is 12.0 Å². The van der Waals surface area contributed by atoms with Gasteiger partial charge in [-0.3, -0.25) is 9.69 Å². The molecule has 0 spiro atoms. The Labute approximate surface area is 110 Å². The standard InChI is InChI=1S/C15H10N2O2/c16-10-19-13-7-5-12(6-8-13)17-14-4-2-1-3-11(14)9-15(17)18/h1-8H,9H2. The molecule has 0 N–H and O–H groups in total. The van der Waals surface area contributed by atoms with Crippen LogP contribution in [0.2, 0.25) is 0 Å². The van der Waals surface area contributed by atoms with Gasteiger partial charge in [0.25, 0.3) is 6.26 Å². The van der Waals surface area contributed by atoms with Gasteiger partial charge in [0.15, 0.2) is 0 Å². The number of hydrogen-bond acceptors (Lipinski definition) is 3. The molecule has 0 saturated carbocycles. The van der Waals surface area contributed by atoms with Crippen LogP contribution in [0.25, 0.3) is 0 Å². The molecule has 4 nitrogen and oxygen atoms in total. The van der Waals surface area contributed by atoms with Crippen LogP contribution >= 0.6 is 0 Å². The number of fused-ring (bicyclic) bond motifs is 1. The molecular formula is C15H10N2O2. The van der Waals surface area contributed by atoms with Crippen molar-refractivity contribution in [1.82, 2.24) is 0 Å². The smallest absolute Gasteiger partial charge is 0.292 e. The minimum atomic E-state index is 0.0511. The Morgan fingerprint density at radius 3 is 2.58 bits per heavy atom. The van der Waals surface area contributed by atoms with Crippen LogP contribution in [0.5, 0.6) is 5.75 Å². The van der Waals surface area contributed by atoms with E-state index in [1.807, 2.05) is 24.3 Å². The van der Waals surface area contributed by atoms with Gasteiger partial charge in [0, 0.05) is 5.69 Å². The minimum Gasteiger partial charge on any atom is -0.388 e. The van der Waals surface area contributed by atoms with Gasteiger partial charge in [-0.25, -0.2) is 0 Å². The highest BCUT2D eigenvalue weighted by molar-refractivity contribution is 6.07. The van der Waals surface area contributed by atoms with Gasteiger partial charge in [-0.15, -0.1) is 5.26 Å². The molecule has 1 aliphatic heterocycles. The Kier molecular flexibility index (Phi) is 2.66. The summed E-state index contributed by atoms with van der Waals surface area (Å²) in [4.78, 5) is 13.8. The van der Waals surface area contributed by atoms with Gasteiger partial charge in [0.1, 0.15) is 5.75 Å². The fourth-order valence-corrected chi connectivity index (χ4v) is 2.25. The van der Waals surface area contributed by atoms with E-state index in [1.165, 1.54) is 0 Å². The number of carbonyl (C=O) groups is 1. The first kappa shape index (κ1) is 11.3. The molecule has 2 aromatic carbocycles. The first-order valence-corrected chi connectivity index (χ1v) is 5.86. The van der Waals surface area contributed by atoms with E-state index in [0.29, 0.717) is 12.2 Å². The molecule has 0 saturated heterocycles. The highest BCUT2D eigenvalue weighted by Gasteiger charge is 2.27. The van der Waals surface area contributed by atoms with E-state index in [-0.39, 0.29) is 5.91 Å². The number of carbonyl (C=O) groups excluding carboxylic acids is 1. The molecule has 0 aromatic heterocycles. The van der Waals surface area contributed by atoms with E-state index in [9.17, 15) is 4.79 Å². The van der Waals surface area contributed by atoms with Crippen molar-refractivity contribution in [2.24, 2.45) is 0 Å². The average molecular weight is 250 g/mol. The largest absolute Gasteiger partial charge is 0.388 e. The van der Waals surface area contributed by atoms with Crippen molar-refractivity contribution in [3.05, 3.63) is 54.1 Å². The number of nitrogens with zero attached hydrogens (tertiary/aromatic N) is 2. The van der Waals surface area contributed by atoms with E-state index in [2.05, 4.69) is 0 Å². The second-order valence-electron chi connectivity index (χ2n) is 4.22. The predicted octanol–water partition coefficient (Wildman–Crippen LogP) is 2.77. The lowest BCUT2D eigenvalue weighted by molar-refractivity contribution is -0.116. The molecule has 0 bridgehead atoms. The number of ether oxygens (including phenoxy) is 1. The maximum Gasteiger partial charge on any atom is 0.292 e. The quantitative estimate of drug-likeness (QED) is 0.770. The Hall–Kier alpha value is -2.80. The van der Waals surface area contributed by atoms with Gasteiger partial charge in [0.2, 0.25) is 5.91 Å². The van der Waals surface area contributed by atoms with Gasteiger partial charge >= 0.3 is 0 Å². The summed E-state index contributed by atoms with van der Waals surface area (Å²) in [7, 11) is 0. The Balaban J connectivity index is 1.98. The maximum atomic E-state index is 12.1. The van der Waals surface area contributed by atoms with Crippen molar-refractivity contribution in [3.63, 3.8) is 0 Å². The summed E-state index contributed by atoms with van der Waals surface area (Å²) < 4.78 is 4.72. The van der Waals surface area contributed by atoms with Crippen molar-refractivity contribution < 1.29 is 9.53 Å². The lowest BCUT2D eigenvalue weighted by atomic mass is 10.2. The highest BCUT2D eigenvalue weighted by Crippen LogP contribution is 2.35. The van der Waals surface area contributed by atoms with Crippen molar-refractivity contribution in [1.29, 1.82) is 5.26 Å². The number of rotatable bonds is 2. The summed E-state index contributed by atoms with van der Waals surface area (Å²) >= 11 is 0. The molecular weight excluding hydrogens is 240 g/mol. The van der Waals surface area contributed by atoms with Gasteiger partial charge in [-0.1, -0.05) is 18.2 Å². The third kappa shape index (κ3) is 1.91. The van der Waals surface area contributed by atoms with Gasteiger partial charge < -0.3 is 4.74 Å². The molecule has 92 valence electrons. The van der Waals surface area contributed by atoms with Crippen LogP contribution in [-0.4, -0.2) is 5.91 Å². The Morgan fingerprint density at radius 2 is 1.84 bits per heavy atom. The summed E-state index contributed by atoms with van der Waals surface area (Å²) in [5, 5.41) is 8.44. The summed E-state index contributed by atoms with van der Waals surface area (Å²) in [5.74, 6) is 0.515. The first-order valence-electron chi connectivity index (χ1n) is 5.86. The molecule has 4 heteroatoms. The topological polar surface area (TPSA) is 53.3 Å². The minimum absolute atomic E-state index is 0.0511. The van der Waals surface area contributed by atoms with Crippen molar-refractivity contribution in [2.75, 3.05) is 4.90 Å². The molecule has 1 amide bonds. The first-order chi connectivity index (χ1) is 9.29. The molecule has 1 heterocycles. The Morgan fingerprint density at radius 1 is 1.11 bits per heavy atom. The molecule has 2 aromatic rings. The zero-order chi connectivity index (χ0) is 13.2. The normalized spacial score (nSPS) is 13.0. The third-order valence-electron chi connectivity index (χ3n) is 3.08.